The molecule has 1 aromatic carbocycles. The summed E-state index contributed by atoms with van der Waals surface area (Å²) in [4.78, 5) is 8.74. The topological polar surface area (TPSA) is 140 Å². The lowest BCUT2D eigenvalue weighted by atomic mass is 10.1. The minimum atomic E-state index is -4.10. The second-order valence-corrected chi connectivity index (χ2v) is 18.8. The van der Waals surface area contributed by atoms with Crippen LogP contribution >= 0.6 is 0 Å². The summed E-state index contributed by atoms with van der Waals surface area (Å²) >= 11 is 0. The number of nitrogens with zero attached hydrogens (tertiary/aromatic N) is 5. The van der Waals surface area contributed by atoms with E-state index in [1.54, 1.807) is 49.4 Å². The van der Waals surface area contributed by atoms with E-state index >= 15 is 0 Å². The molecule has 230 valence electrons. The molecule has 0 aliphatic carbocycles. The minimum Gasteiger partial charge on any atom is -0.494 e. The van der Waals surface area contributed by atoms with Crippen molar-refractivity contribution in [3.8, 4) is 17.2 Å². The number of benzene rings is 1. The van der Waals surface area contributed by atoms with Crippen LogP contribution in [0, 0.1) is 6.92 Å². The average Bonchev–Trinajstić information content (AvgIpc) is 3.60. The lowest BCUT2D eigenvalue weighted by molar-refractivity contribution is 0.193. The number of aromatic nitrogens is 5. The van der Waals surface area contributed by atoms with E-state index in [9.17, 15) is 8.42 Å². The Bertz CT molecular complexity index is 1440. The summed E-state index contributed by atoms with van der Waals surface area (Å²) in [6.07, 6.45) is 4.12. The highest BCUT2D eigenvalue weighted by atomic mass is 32.2. The predicted molar refractivity (Wildman–Crippen MR) is 163 cm³/mol. The van der Waals surface area contributed by atoms with Crippen LogP contribution in [0.2, 0.25) is 18.1 Å². The Morgan fingerprint density at radius 3 is 2.31 bits per heavy atom. The summed E-state index contributed by atoms with van der Waals surface area (Å²) < 4.78 is 56.1. The smallest absolute Gasteiger partial charge is 0.243 e. The first-order valence-corrected chi connectivity index (χ1v) is 18.4. The number of rotatable bonds is 12. The zero-order valence-corrected chi connectivity index (χ0v) is 27.5. The Balaban J connectivity index is 1.77. The molecule has 1 fully saturated rings. The first-order valence-electron chi connectivity index (χ1n) is 13.9. The van der Waals surface area contributed by atoms with Gasteiger partial charge in [-0.1, -0.05) is 26.8 Å². The number of sulfonamides is 1. The first kappa shape index (κ1) is 31.9. The average molecular weight is 619 g/mol. The van der Waals surface area contributed by atoms with Crippen LogP contribution in [-0.2, 0) is 25.6 Å². The summed E-state index contributed by atoms with van der Waals surface area (Å²) in [5.41, 5.74) is 1.37. The summed E-state index contributed by atoms with van der Waals surface area (Å²) in [7, 11) is -3.30. The molecule has 1 N–H and O–H groups in total. The molecule has 1 aliphatic rings. The van der Waals surface area contributed by atoms with Crippen molar-refractivity contribution >= 4 is 24.3 Å². The van der Waals surface area contributed by atoms with Gasteiger partial charge in [-0.05, 0) is 49.2 Å². The number of anilines is 1. The highest BCUT2D eigenvalue weighted by Gasteiger charge is 2.40. The van der Waals surface area contributed by atoms with Gasteiger partial charge in [-0.15, -0.1) is 10.2 Å². The van der Waals surface area contributed by atoms with Crippen molar-refractivity contribution < 1.29 is 27.1 Å². The van der Waals surface area contributed by atoms with Crippen molar-refractivity contribution in [3.05, 3.63) is 47.8 Å². The van der Waals surface area contributed by atoms with Gasteiger partial charge in [0.05, 0.1) is 27.4 Å². The van der Waals surface area contributed by atoms with E-state index < -0.39 is 23.6 Å². The van der Waals surface area contributed by atoms with Gasteiger partial charge in [0.15, 0.2) is 8.32 Å². The fourth-order valence-corrected chi connectivity index (χ4v) is 6.69. The van der Waals surface area contributed by atoms with Crippen LogP contribution in [0.1, 0.15) is 50.3 Å². The monoisotopic (exact) mass is 618 g/mol. The van der Waals surface area contributed by atoms with E-state index in [-0.39, 0.29) is 29.9 Å². The van der Waals surface area contributed by atoms with E-state index in [4.69, 9.17) is 18.6 Å². The fraction of sp³-hybridized carbons (Fsp3) is 0.571. The number of methoxy groups -OCH3 is 2. The van der Waals surface area contributed by atoms with E-state index in [1.807, 2.05) is 6.92 Å². The van der Waals surface area contributed by atoms with Crippen LogP contribution < -0.4 is 14.2 Å². The van der Waals surface area contributed by atoms with Gasteiger partial charge >= 0.3 is 0 Å². The molecule has 0 amide bonds. The number of nitrogens with one attached hydrogen (secondary N) is 1. The van der Waals surface area contributed by atoms with Crippen LogP contribution in [0.15, 0.2) is 30.6 Å². The second kappa shape index (κ2) is 12.7. The third kappa shape index (κ3) is 6.93. The molecule has 2 atom stereocenters. The fourth-order valence-electron chi connectivity index (χ4n) is 4.35. The van der Waals surface area contributed by atoms with Gasteiger partial charge in [0.1, 0.15) is 34.1 Å². The maximum atomic E-state index is 14.2. The van der Waals surface area contributed by atoms with Gasteiger partial charge in [-0.25, -0.2) is 18.4 Å². The van der Waals surface area contributed by atoms with Crippen molar-refractivity contribution in [2.24, 2.45) is 0 Å². The Labute approximate surface area is 249 Å². The van der Waals surface area contributed by atoms with Gasteiger partial charge in [0.25, 0.3) is 0 Å². The number of aryl methyl sites for hydroxylation is 1. The second-order valence-electron chi connectivity index (χ2n) is 12.0. The predicted octanol–water partition coefficient (Wildman–Crippen LogP) is 4.26. The summed E-state index contributed by atoms with van der Waals surface area (Å²) in [6, 6.07) is 5.34. The van der Waals surface area contributed by atoms with E-state index in [2.05, 4.69) is 58.8 Å². The van der Waals surface area contributed by atoms with Gasteiger partial charge in [0.2, 0.25) is 16.0 Å². The van der Waals surface area contributed by atoms with Crippen LogP contribution in [0.4, 0.5) is 5.95 Å². The molecule has 1 saturated heterocycles. The van der Waals surface area contributed by atoms with Gasteiger partial charge in [-0.3, -0.25) is 9.29 Å². The molecule has 0 radical (unpaired) electrons. The largest absolute Gasteiger partial charge is 0.494 e. The van der Waals surface area contributed by atoms with Crippen molar-refractivity contribution in [2.45, 2.75) is 69.8 Å². The molecular weight excluding hydrogens is 576 g/mol. The highest BCUT2D eigenvalue weighted by molar-refractivity contribution is 7.93. The Morgan fingerprint density at radius 1 is 1.12 bits per heavy atom. The van der Waals surface area contributed by atoms with E-state index in [1.165, 1.54) is 0 Å². The SMILES string of the molecule is COc1cccc(OC)c1-n1c(NS(=O)(=O)[C@H](CO[Si](C)(C)C(C)(C)C)Cc2ncc(C)cn2)nnc1[C@@H]1CCOC1. The molecule has 4 rings (SSSR count). The molecule has 3 aromatic rings. The van der Waals surface area contributed by atoms with Crippen LogP contribution in [0.25, 0.3) is 5.69 Å². The molecule has 42 heavy (non-hydrogen) atoms. The number of hydrogen-bond donors (Lipinski definition) is 1. The summed E-state index contributed by atoms with van der Waals surface area (Å²) in [5.74, 6) is 1.82. The zero-order valence-electron chi connectivity index (χ0n) is 25.7. The standard InChI is InChI=1S/C28H42N6O6SSi/c1-19-15-29-24(30-16-19)14-21(18-40-42(7,8)28(2,3)4)41(35,36)33-27-32-31-26(20-12-13-39-17-20)34(27)25-22(37-5)10-9-11-23(25)38-6/h9-11,15-16,20-21H,12-14,17-18H2,1-8H3,(H,32,33)/t20-,21+/m1/s1. The third-order valence-electron chi connectivity index (χ3n) is 7.96. The Kier molecular flexibility index (Phi) is 9.60. The molecule has 1 aliphatic heterocycles. The maximum absolute atomic E-state index is 14.2. The number of para-hydroxylation sites is 1. The molecule has 0 spiro atoms. The molecule has 12 nitrogen and oxygen atoms in total. The van der Waals surface area contributed by atoms with Crippen LogP contribution in [-0.4, -0.2) is 80.8 Å². The molecular formula is C28H42N6O6SSi. The molecule has 0 bridgehead atoms. The van der Waals surface area contributed by atoms with Crippen molar-refractivity contribution in [3.63, 3.8) is 0 Å². The van der Waals surface area contributed by atoms with Gasteiger partial charge in [-0.2, -0.15) is 0 Å². The van der Waals surface area contributed by atoms with Crippen molar-refractivity contribution in [1.82, 2.24) is 24.7 Å². The van der Waals surface area contributed by atoms with Gasteiger partial charge < -0.3 is 18.6 Å². The zero-order chi connectivity index (χ0) is 30.7. The maximum Gasteiger partial charge on any atom is 0.243 e. The molecule has 0 unspecified atom stereocenters. The van der Waals surface area contributed by atoms with Crippen molar-refractivity contribution in [1.29, 1.82) is 0 Å². The normalized spacial score (nSPS) is 16.8. The summed E-state index contributed by atoms with van der Waals surface area (Å²) in [6.45, 7) is 13.4. The molecule has 2 aromatic heterocycles. The van der Waals surface area contributed by atoms with E-state index in [0.717, 1.165) is 12.0 Å². The number of ether oxygens (including phenoxy) is 3. The van der Waals surface area contributed by atoms with Crippen molar-refractivity contribution in [2.75, 3.05) is 38.8 Å². The lowest BCUT2D eigenvalue weighted by Crippen LogP contribution is -2.45. The quantitative estimate of drug-likeness (QED) is 0.293. The van der Waals surface area contributed by atoms with Crippen LogP contribution in [0.5, 0.6) is 11.5 Å². The molecule has 14 heteroatoms. The summed E-state index contributed by atoms with van der Waals surface area (Å²) in [5, 5.41) is 7.64. The number of hydrogen-bond acceptors (Lipinski definition) is 10. The minimum absolute atomic E-state index is 0.0156. The van der Waals surface area contributed by atoms with E-state index in [0.29, 0.717) is 42.0 Å². The molecule has 0 saturated carbocycles. The first-order chi connectivity index (χ1) is 19.8. The third-order valence-corrected chi connectivity index (χ3v) is 14.1. The van der Waals surface area contributed by atoms with Crippen LogP contribution in [0.3, 0.4) is 0 Å². The molecule has 3 heterocycles. The lowest BCUT2D eigenvalue weighted by Gasteiger charge is -2.37. The van der Waals surface area contributed by atoms with Gasteiger partial charge in [0, 0.05) is 31.3 Å². The Morgan fingerprint density at radius 2 is 1.76 bits per heavy atom. The highest BCUT2D eigenvalue weighted by Crippen LogP contribution is 2.39. The Hall–Kier alpha value is -3.07.